The van der Waals surface area contributed by atoms with Gasteiger partial charge in [0.1, 0.15) is 11.3 Å². The maximum atomic E-state index is 12.6. The van der Waals surface area contributed by atoms with E-state index >= 15 is 0 Å². The van der Waals surface area contributed by atoms with E-state index in [9.17, 15) is 4.79 Å². The van der Waals surface area contributed by atoms with E-state index in [1.807, 2.05) is 31.3 Å². The van der Waals surface area contributed by atoms with Crippen LogP contribution in [0, 0.1) is 0 Å². The third-order valence-electron chi connectivity index (χ3n) is 4.20. The molecule has 2 aromatic heterocycles. The molecule has 0 aliphatic heterocycles. The van der Waals surface area contributed by atoms with Gasteiger partial charge in [0.15, 0.2) is 0 Å². The van der Waals surface area contributed by atoms with E-state index in [0.717, 1.165) is 58.9 Å². The second kappa shape index (κ2) is 3.73. The van der Waals surface area contributed by atoms with E-state index in [4.69, 9.17) is 4.42 Å². The minimum Gasteiger partial charge on any atom is -0.460 e. The molecule has 0 N–H and O–H groups in total. The van der Waals surface area contributed by atoms with Crippen LogP contribution in [0.2, 0.25) is 0 Å². The molecule has 3 heteroatoms. The SMILES string of the molecule is Cn1c(=O)c2c3c(oc2c2ccccc21)CCCC3. The van der Waals surface area contributed by atoms with Gasteiger partial charge in [0.2, 0.25) is 0 Å². The van der Waals surface area contributed by atoms with Gasteiger partial charge in [-0.2, -0.15) is 0 Å². The van der Waals surface area contributed by atoms with E-state index in [-0.39, 0.29) is 5.56 Å². The first kappa shape index (κ1) is 10.9. The largest absolute Gasteiger partial charge is 0.460 e. The predicted octanol–water partition coefficient (Wildman–Crippen LogP) is 3.16. The van der Waals surface area contributed by atoms with E-state index in [1.165, 1.54) is 0 Å². The fourth-order valence-electron chi connectivity index (χ4n) is 3.22. The van der Waals surface area contributed by atoms with Gasteiger partial charge in [-0.3, -0.25) is 4.79 Å². The van der Waals surface area contributed by atoms with Crippen molar-refractivity contribution < 1.29 is 4.42 Å². The van der Waals surface area contributed by atoms with Crippen molar-refractivity contribution >= 4 is 21.9 Å². The average Bonchev–Trinajstić information content (AvgIpc) is 2.84. The summed E-state index contributed by atoms with van der Waals surface area (Å²) in [6.45, 7) is 0. The summed E-state index contributed by atoms with van der Waals surface area (Å²) in [5.41, 5.74) is 2.94. The fourth-order valence-corrected chi connectivity index (χ4v) is 3.22. The second-order valence-electron chi connectivity index (χ2n) is 5.30. The number of benzene rings is 1. The summed E-state index contributed by atoms with van der Waals surface area (Å²) in [5.74, 6) is 1.02. The number of fused-ring (bicyclic) bond motifs is 5. The summed E-state index contributed by atoms with van der Waals surface area (Å²) < 4.78 is 7.76. The van der Waals surface area contributed by atoms with Crippen molar-refractivity contribution in [3.63, 3.8) is 0 Å². The third-order valence-corrected chi connectivity index (χ3v) is 4.20. The molecule has 0 unspecified atom stereocenters. The van der Waals surface area contributed by atoms with E-state index < -0.39 is 0 Å². The molecule has 0 radical (unpaired) electrons. The first-order chi connectivity index (χ1) is 9.27. The summed E-state index contributed by atoms with van der Waals surface area (Å²) >= 11 is 0. The van der Waals surface area contributed by atoms with Crippen LogP contribution in [0.15, 0.2) is 33.5 Å². The van der Waals surface area contributed by atoms with E-state index in [1.54, 1.807) is 4.57 Å². The summed E-state index contributed by atoms with van der Waals surface area (Å²) in [6.07, 6.45) is 4.24. The highest BCUT2D eigenvalue weighted by Crippen LogP contribution is 2.33. The van der Waals surface area contributed by atoms with Crippen LogP contribution in [0.5, 0.6) is 0 Å². The van der Waals surface area contributed by atoms with Gasteiger partial charge in [0, 0.05) is 24.4 Å². The zero-order valence-corrected chi connectivity index (χ0v) is 10.9. The Bertz CT molecular complexity index is 854. The number of pyridine rings is 1. The summed E-state index contributed by atoms with van der Waals surface area (Å²) in [7, 11) is 1.84. The number of aryl methyl sites for hydroxylation is 3. The molecule has 3 nitrogen and oxygen atoms in total. The van der Waals surface area contributed by atoms with Crippen molar-refractivity contribution in [1.82, 2.24) is 4.57 Å². The highest BCUT2D eigenvalue weighted by Gasteiger charge is 2.22. The maximum Gasteiger partial charge on any atom is 0.262 e. The van der Waals surface area contributed by atoms with E-state index in [0.29, 0.717) is 0 Å². The number of hydrogen-bond donors (Lipinski definition) is 0. The average molecular weight is 253 g/mol. The molecule has 0 saturated carbocycles. The maximum absolute atomic E-state index is 12.6. The molecular weight excluding hydrogens is 238 g/mol. The van der Waals surface area contributed by atoms with Gasteiger partial charge in [0.05, 0.1) is 10.9 Å². The third kappa shape index (κ3) is 1.35. The summed E-state index contributed by atoms with van der Waals surface area (Å²) in [4.78, 5) is 12.6. The first-order valence-electron chi connectivity index (χ1n) is 6.79. The van der Waals surface area contributed by atoms with Crippen LogP contribution in [-0.4, -0.2) is 4.57 Å². The number of furan rings is 1. The Balaban J connectivity index is 2.29. The van der Waals surface area contributed by atoms with E-state index in [2.05, 4.69) is 0 Å². The van der Waals surface area contributed by atoms with Crippen molar-refractivity contribution in [2.75, 3.05) is 0 Å². The number of hydrogen-bond acceptors (Lipinski definition) is 2. The van der Waals surface area contributed by atoms with Crippen molar-refractivity contribution in [2.45, 2.75) is 25.7 Å². The van der Waals surface area contributed by atoms with Gasteiger partial charge < -0.3 is 8.98 Å². The highest BCUT2D eigenvalue weighted by atomic mass is 16.3. The summed E-state index contributed by atoms with van der Waals surface area (Å²) in [6, 6.07) is 7.95. The van der Waals surface area contributed by atoms with Gasteiger partial charge in [-0.1, -0.05) is 12.1 Å². The molecule has 0 amide bonds. The molecule has 1 aromatic carbocycles. The lowest BCUT2D eigenvalue weighted by Crippen LogP contribution is -2.18. The minimum absolute atomic E-state index is 0.0700. The monoisotopic (exact) mass is 253 g/mol. The van der Waals surface area contributed by atoms with Crippen molar-refractivity contribution in [3.8, 4) is 0 Å². The van der Waals surface area contributed by atoms with Crippen LogP contribution in [0.4, 0.5) is 0 Å². The van der Waals surface area contributed by atoms with Crippen LogP contribution in [0.1, 0.15) is 24.2 Å². The molecule has 0 saturated heterocycles. The number of para-hydroxylation sites is 1. The Hall–Kier alpha value is -2.03. The molecule has 3 aromatic rings. The number of rotatable bonds is 0. The molecular formula is C16H15NO2. The van der Waals surface area contributed by atoms with Gasteiger partial charge in [0.25, 0.3) is 5.56 Å². The van der Waals surface area contributed by atoms with Crippen LogP contribution in [-0.2, 0) is 19.9 Å². The Morgan fingerprint density at radius 1 is 1.16 bits per heavy atom. The van der Waals surface area contributed by atoms with Gasteiger partial charge in [-0.15, -0.1) is 0 Å². The molecule has 19 heavy (non-hydrogen) atoms. The topological polar surface area (TPSA) is 35.1 Å². The molecule has 1 aliphatic carbocycles. The van der Waals surface area contributed by atoms with Gasteiger partial charge in [-0.25, -0.2) is 0 Å². The zero-order valence-electron chi connectivity index (χ0n) is 10.9. The van der Waals surface area contributed by atoms with Gasteiger partial charge in [-0.05, 0) is 31.4 Å². The highest BCUT2D eigenvalue weighted by molar-refractivity contribution is 6.03. The number of aromatic nitrogens is 1. The predicted molar refractivity (Wildman–Crippen MR) is 75.6 cm³/mol. The molecule has 2 heterocycles. The first-order valence-corrected chi connectivity index (χ1v) is 6.79. The smallest absolute Gasteiger partial charge is 0.262 e. The van der Waals surface area contributed by atoms with Crippen molar-refractivity contribution in [3.05, 3.63) is 45.9 Å². The molecule has 96 valence electrons. The Morgan fingerprint density at radius 3 is 2.84 bits per heavy atom. The number of nitrogens with zero attached hydrogens (tertiary/aromatic N) is 1. The second-order valence-corrected chi connectivity index (χ2v) is 5.30. The lowest BCUT2D eigenvalue weighted by atomic mass is 9.96. The molecule has 0 spiro atoms. The summed E-state index contributed by atoms with van der Waals surface area (Å²) in [5, 5.41) is 1.84. The minimum atomic E-state index is 0.0700. The molecule has 0 fully saturated rings. The Labute approximate surface area is 110 Å². The fraction of sp³-hybridized carbons (Fsp3) is 0.312. The molecule has 1 aliphatic rings. The van der Waals surface area contributed by atoms with Crippen molar-refractivity contribution in [2.24, 2.45) is 7.05 Å². The Morgan fingerprint density at radius 2 is 1.95 bits per heavy atom. The van der Waals surface area contributed by atoms with Crippen molar-refractivity contribution in [1.29, 1.82) is 0 Å². The standard InChI is InChI=1S/C16H15NO2/c1-17-12-8-4-2-6-10(12)15-14(16(17)18)11-7-3-5-9-13(11)19-15/h2,4,6,8H,3,5,7,9H2,1H3. The quantitative estimate of drug-likeness (QED) is 0.617. The van der Waals surface area contributed by atoms with Crippen LogP contribution in [0.3, 0.4) is 0 Å². The van der Waals surface area contributed by atoms with Crippen LogP contribution >= 0.6 is 0 Å². The lowest BCUT2D eigenvalue weighted by Gasteiger charge is -2.08. The normalized spacial score (nSPS) is 15.0. The molecule has 4 rings (SSSR count). The van der Waals surface area contributed by atoms with Crippen LogP contribution in [0.25, 0.3) is 21.9 Å². The molecule has 0 atom stereocenters. The van der Waals surface area contributed by atoms with Gasteiger partial charge >= 0.3 is 0 Å². The van der Waals surface area contributed by atoms with Crippen LogP contribution < -0.4 is 5.56 Å². The molecule has 0 bridgehead atoms. The lowest BCUT2D eigenvalue weighted by molar-refractivity contribution is 0.507. The Kier molecular flexibility index (Phi) is 2.13. The zero-order chi connectivity index (χ0) is 13.0.